The van der Waals surface area contributed by atoms with Gasteiger partial charge in [-0.25, -0.2) is 0 Å². The molecule has 3 aromatic carbocycles. The number of carbonyl (C=O) groups is 2. The zero-order valence-corrected chi connectivity index (χ0v) is 23.6. The number of halogens is 1. The maximum absolute atomic E-state index is 13.9. The Morgan fingerprint density at radius 1 is 0.921 bits per heavy atom. The molecule has 0 aromatic heterocycles. The molecule has 2 atom stereocenters. The number of hydrogen-bond donors (Lipinski definition) is 1. The highest BCUT2D eigenvalue weighted by Gasteiger charge is 2.31. The maximum atomic E-state index is 13.9. The van der Waals surface area contributed by atoms with Crippen molar-refractivity contribution in [1.29, 1.82) is 0 Å². The van der Waals surface area contributed by atoms with E-state index in [0.717, 1.165) is 33.3 Å². The summed E-state index contributed by atoms with van der Waals surface area (Å²) in [6.07, 6.45) is 2.06. The quantitative estimate of drug-likeness (QED) is 0.316. The van der Waals surface area contributed by atoms with Gasteiger partial charge in [-0.15, -0.1) is 0 Å². The van der Waals surface area contributed by atoms with Gasteiger partial charge in [0.2, 0.25) is 11.8 Å². The molecule has 1 aliphatic rings. The van der Waals surface area contributed by atoms with E-state index < -0.39 is 6.04 Å². The van der Waals surface area contributed by atoms with Crippen LogP contribution in [0.25, 0.3) is 0 Å². The molecule has 2 amide bonds. The molecule has 0 radical (unpaired) electrons. The van der Waals surface area contributed by atoms with E-state index >= 15 is 0 Å². The molecule has 200 valence electrons. The van der Waals surface area contributed by atoms with Gasteiger partial charge in [-0.1, -0.05) is 71.4 Å². The molecule has 6 nitrogen and oxygen atoms in total. The van der Waals surface area contributed by atoms with Crippen molar-refractivity contribution in [2.24, 2.45) is 0 Å². The van der Waals surface area contributed by atoms with E-state index in [1.54, 1.807) is 4.90 Å². The normalized spacial score (nSPS) is 13.9. The summed E-state index contributed by atoms with van der Waals surface area (Å²) in [5.41, 5.74) is 2.96. The summed E-state index contributed by atoms with van der Waals surface area (Å²) < 4.78 is 12.3. The summed E-state index contributed by atoms with van der Waals surface area (Å²) in [6, 6.07) is 22.9. The molecule has 0 spiro atoms. The van der Waals surface area contributed by atoms with Crippen LogP contribution in [0.1, 0.15) is 43.4 Å². The Bertz CT molecular complexity index is 1230. The fourth-order valence-corrected chi connectivity index (χ4v) is 4.91. The molecular formula is C31H35BrN2O4. The van der Waals surface area contributed by atoms with Gasteiger partial charge in [-0.2, -0.15) is 0 Å². The fraction of sp³-hybridized carbons (Fsp3) is 0.355. The lowest BCUT2D eigenvalue weighted by atomic mass is 10.0. The lowest BCUT2D eigenvalue weighted by Gasteiger charge is -2.32. The first-order chi connectivity index (χ1) is 18.4. The predicted molar refractivity (Wildman–Crippen MR) is 152 cm³/mol. The predicted octanol–water partition coefficient (Wildman–Crippen LogP) is 5.71. The van der Waals surface area contributed by atoms with Gasteiger partial charge in [0.1, 0.15) is 19.3 Å². The largest absolute Gasteiger partial charge is 0.486 e. The molecule has 1 heterocycles. The smallest absolute Gasteiger partial charge is 0.243 e. The van der Waals surface area contributed by atoms with Gasteiger partial charge in [-0.3, -0.25) is 9.59 Å². The number of benzene rings is 3. The maximum Gasteiger partial charge on any atom is 0.243 e. The van der Waals surface area contributed by atoms with Crippen LogP contribution in [-0.4, -0.2) is 42.0 Å². The molecule has 0 saturated heterocycles. The molecule has 1 N–H and O–H groups in total. The van der Waals surface area contributed by atoms with Crippen molar-refractivity contribution in [2.45, 2.75) is 58.2 Å². The number of carbonyl (C=O) groups excluding carboxylic acids is 2. The van der Waals surface area contributed by atoms with Crippen LogP contribution in [0.15, 0.2) is 77.3 Å². The van der Waals surface area contributed by atoms with E-state index in [2.05, 4.69) is 21.2 Å². The number of rotatable bonds is 11. The summed E-state index contributed by atoms with van der Waals surface area (Å²) in [7, 11) is 0. The SMILES string of the molecule is CC[C@H](C)NC(=O)[C@H](Cc1ccccc1)N(Cc1cccc(Br)c1)C(=O)CCc1ccc2c(c1)OCCO2. The van der Waals surface area contributed by atoms with Crippen LogP contribution < -0.4 is 14.8 Å². The molecule has 0 aliphatic carbocycles. The van der Waals surface area contributed by atoms with Crippen LogP contribution in [0.2, 0.25) is 0 Å². The van der Waals surface area contributed by atoms with Gasteiger partial charge in [-0.05, 0) is 60.7 Å². The Balaban J connectivity index is 1.60. The molecule has 1 aliphatic heterocycles. The zero-order chi connectivity index (χ0) is 26.9. The number of aryl methyl sites for hydroxylation is 1. The topological polar surface area (TPSA) is 67.9 Å². The number of nitrogens with zero attached hydrogens (tertiary/aromatic N) is 1. The molecule has 4 rings (SSSR count). The summed E-state index contributed by atoms with van der Waals surface area (Å²) in [4.78, 5) is 29.2. The first kappa shape index (κ1) is 27.7. The number of nitrogens with one attached hydrogen (secondary N) is 1. The monoisotopic (exact) mass is 578 g/mol. The minimum Gasteiger partial charge on any atom is -0.486 e. The van der Waals surface area contributed by atoms with Crippen molar-refractivity contribution in [3.05, 3.63) is 94.0 Å². The van der Waals surface area contributed by atoms with E-state index in [-0.39, 0.29) is 24.3 Å². The van der Waals surface area contributed by atoms with Crippen molar-refractivity contribution in [3.8, 4) is 11.5 Å². The van der Waals surface area contributed by atoms with Crippen LogP contribution in [0.5, 0.6) is 11.5 Å². The van der Waals surface area contributed by atoms with Gasteiger partial charge < -0.3 is 19.7 Å². The van der Waals surface area contributed by atoms with Gasteiger partial charge in [0.15, 0.2) is 11.5 Å². The highest BCUT2D eigenvalue weighted by molar-refractivity contribution is 9.10. The van der Waals surface area contributed by atoms with Crippen LogP contribution >= 0.6 is 15.9 Å². The van der Waals surface area contributed by atoms with Crippen LogP contribution in [-0.2, 0) is 29.0 Å². The summed E-state index contributed by atoms with van der Waals surface area (Å²) >= 11 is 3.54. The molecule has 0 unspecified atom stereocenters. The minimum atomic E-state index is -0.641. The minimum absolute atomic E-state index is 0.0151. The second-order valence-corrected chi connectivity index (χ2v) is 10.6. The summed E-state index contributed by atoms with van der Waals surface area (Å²) in [5, 5.41) is 3.12. The van der Waals surface area contributed by atoms with E-state index in [9.17, 15) is 9.59 Å². The average Bonchev–Trinajstić information content (AvgIpc) is 2.94. The number of ether oxygens (including phenoxy) is 2. The third kappa shape index (κ3) is 7.60. The van der Waals surface area contributed by atoms with Crippen molar-refractivity contribution >= 4 is 27.7 Å². The molecule has 0 fully saturated rings. The molecule has 0 saturated carbocycles. The summed E-state index contributed by atoms with van der Waals surface area (Å²) in [6.45, 7) is 5.42. The second-order valence-electron chi connectivity index (χ2n) is 9.65. The first-order valence-corrected chi connectivity index (χ1v) is 14.0. The van der Waals surface area contributed by atoms with Crippen molar-refractivity contribution in [2.75, 3.05) is 13.2 Å². The van der Waals surface area contributed by atoms with Gasteiger partial charge in [0.05, 0.1) is 0 Å². The lowest BCUT2D eigenvalue weighted by Crippen LogP contribution is -2.52. The van der Waals surface area contributed by atoms with E-state index in [1.807, 2.05) is 86.6 Å². The molecular weight excluding hydrogens is 544 g/mol. The van der Waals surface area contributed by atoms with Crippen LogP contribution in [0.3, 0.4) is 0 Å². The zero-order valence-electron chi connectivity index (χ0n) is 22.0. The third-order valence-electron chi connectivity index (χ3n) is 6.75. The van der Waals surface area contributed by atoms with Gasteiger partial charge in [0.25, 0.3) is 0 Å². The lowest BCUT2D eigenvalue weighted by molar-refractivity contribution is -0.141. The second kappa shape index (κ2) is 13.5. The Morgan fingerprint density at radius 3 is 2.39 bits per heavy atom. The summed E-state index contributed by atoms with van der Waals surface area (Å²) in [5.74, 6) is 1.24. The number of fused-ring (bicyclic) bond motifs is 1. The number of hydrogen-bond acceptors (Lipinski definition) is 4. The van der Waals surface area contributed by atoms with Crippen molar-refractivity contribution < 1.29 is 19.1 Å². The Kier molecular flexibility index (Phi) is 9.82. The van der Waals surface area contributed by atoms with Crippen molar-refractivity contribution in [3.63, 3.8) is 0 Å². The molecule has 38 heavy (non-hydrogen) atoms. The number of amides is 2. The van der Waals surface area contributed by atoms with E-state index in [4.69, 9.17) is 9.47 Å². The van der Waals surface area contributed by atoms with Gasteiger partial charge >= 0.3 is 0 Å². The van der Waals surface area contributed by atoms with E-state index in [1.165, 1.54) is 0 Å². The highest BCUT2D eigenvalue weighted by Crippen LogP contribution is 2.31. The molecule has 3 aromatic rings. The van der Waals surface area contributed by atoms with Crippen LogP contribution in [0, 0.1) is 0 Å². The van der Waals surface area contributed by atoms with E-state index in [0.29, 0.717) is 38.3 Å². The highest BCUT2D eigenvalue weighted by atomic mass is 79.9. The Hall–Kier alpha value is -3.32. The average molecular weight is 580 g/mol. The first-order valence-electron chi connectivity index (χ1n) is 13.2. The fourth-order valence-electron chi connectivity index (χ4n) is 4.47. The molecule has 7 heteroatoms. The molecule has 0 bridgehead atoms. The Labute approximate surface area is 233 Å². The third-order valence-corrected chi connectivity index (χ3v) is 7.24. The van der Waals surface area contributed by atoms with Crippen molar-refractivity contribution in [1.82, 2.24) is 10.2 Å². The van der Waals surface area contributed by atoms with Gasteiger partial charge in [0, 0.05) is 29.9 Å². The standard InChI is InChI=1S/C31H35BrN2O4/c1-3-22(2)33-31(36)27(19-23-8-5-4-6-9-23)34(21-25-10-7-11-26(32)18-25)30(35)15-13-24-12-14-28-29(20-24)38-17-16-37-28/h4-12,14,18,20,22,27H,3,13,15-17,19,21H2,1-2H3,(H,33,36)/t22-,27-/m0/s1. The van der Waals surface area contributed by atoms with Crippen LogP contribution in [0.4, 0.5) is 0 Å². The Morgan fingerprint density at radius 2 is 1.66 bits per heavy atom.